The van der Waals surface area contributed by atoms with Crippen LogP contribution in [0.1, 0.15) is 23.7 Å². The number of benzene rings is 1. The van der Waals surface area contributed by atoms with Gasteiger partial charge in [0.25, 0.3) is 0 Å². The van der Waals surface area contributed by atoms with Crippen molar-refractivity contribution in [2.75, 3.05) is 0 Å². The highest BCUT2D eigenvalue weighted by molar-refractivity contribution is 5.99. The molecule has 2 N–H and O–H groups in total. The van der Waals surface area contributed by atoms with Gasteiger partial charge in [-0.25, -0.2) is 19.4 Å². The van der Waals surface area contributed by atoms with E-state index in [1.807, 2.05) is 6.92 Å². The first kappa shape index (κ1) is 17.1. The van der Waals surface area contributed by atoms with Crippen molar-refractivity contribution in [3.05, 3.63) is 89.4 Å². The first-order valence-corrected chi connectivity index (χ1v) is 8.40. The van der Waals surface area contributed by atoms with Crippen molar-refractivity contribution < 1.29 is 13.9 Å². The minimum absolute atomic E-state index is 0.118. The summed E-state index contributed by atoms with van der Waals surface area (Å²) >= 11 is 0. The molecule has 0 bridgehead atoms. The van der Waals surface area contributed by atoms with E-state index in [1.165, 1.54) is 30.5 Å². The summed E-state index contributed by atoms with van der Waals surface area (Å²) < 4.78 is 26.9. The largest absolute Gasteiger partial charge is 0.493 e. The molecular weight excluding hydrogens is 350 g/mol. The Morgan fingerprint density at radius 1 is 1.00 bits per heavy atom. The minimum atomic E-state index is -0.948. The number of pyridine rings is 2. The second-order valence-electron chi connectivity index (χ2n) is 6.35. The molecule has 3 aromatic rings. The Hall–Kier alpha value is -3.35. The Labute approximate surface area is 154 Å². The fraction of sp³-hybridized carbons (Fsp3) is 0.150. The molecule has 1 aromatic carbocycles. The van der Waals surface area contributed by atoms with Crippen LogP contribution in [0.15, 0.2) is 65.8 Å². The van der Waals surface area contributed by atoms with Crippen molar-refractivity contribution in [1.29, 1.82) is 0 Å². The summed E-state index contributed by atoms with van der Waals surface area (Å²) in [7, 11) is 0. The van der Waals surface area contributed by atoms with Gasteiger partial charge in [0, 0.05) is 17.8 Å². The van der Waals surface area contributed by atoms with Gasteiger partial charge in [-0.15, -0.1) is 0 Å². The van der Waals surface area contributed by atoms with Gasteiger partial charge in [-0.05, 0) is 36.8 Å². The summed E-state index contributed by atoms with van der Waals surface area (Å²) in [5, 5.41) is 13.0. The number of aromatic hydroxyl groups is 1. The van der Waals surface area contributed by atoms with Gasteiger partial charge in [-0.3, -0.25) is 0 Å². The molecule has 0 spiro atoms. The highest BCUT2D eigenvalue weighted by Crippen LogP contribution is 2.40. The van der Waals surface area contributed by atoms with Crippen LogP contribution in [0.25, 0.3) is 0 Å². The normalized spacial score (nSPS) is 21.6. The highest BCUT2D eigenvalue weighted by Gasteiger charge is 2.45. The van der Waals surface area contributed by atoms with Crippen LogP contribution in [0.5, 0.6) is 5.88 Å². The maximum atomic E-state index is 13.5. The molecule has 4 rings (SSSR count). The first-order chi connectivity index (χ1) is 13.0. The molecule has 0 saturated carbocycles. The van der Waals surface area contributed by atoms with Gasteiger partial charge in [0.15, 0.2) is 0 Å². The zero-order valence-electron chi connectivity index (χ0n) is 14.4. The Balaban J connectivity index is 1.92. The van der Waals surface area contributed by atoms with Crippen molar-refractivity contribution in [2.45, 2.75) is 18.5 Å². The molecule has 2 atom stereocenters. The average molecular weight is 366 g/mol. The van der Waals surface area contributed by atoms with E-state index in [0.717, 1.165) is 5.56 Å². The van der Waals surface area contributed by atoms with Crippen molar-refractivity contribution in [2.24, 2.45) is 4.99 Å². The Kier molecular flexibility index (Phi) is 4.07. The molecule has 5 nitrogen and oxygen atoms in total. The third kappa shape index (κ3) is 2.91. The predicted molar refractivity (Wildman–Crippen MR) is 96.4 cm³/mol. The van der Waals surface area contributed by atoms with E-state index in [0.29, 0.717) is 17.1 Å². The number of nitrogens with one attached hydrogen (secondary N) is 1. The van der Waals surface area contributed by atoms with Crippen molar-refractivity contribution in [3.8, 4) is 5.88 Å². The summed E-state index contributed by atoms with van der Waals surface area (Å²) in [5.41, 5.74) is 0.913. The standard InChI is InChI=1S/C20H16F2N4O/c1-12-20(13-5-8-15(21)9-6-13,14-7-10-17(22)23-11-14)26-19(24-12)16-3-2-4-18(27)25-16/h2-12H,1H3,(H,24,26)(H,25,27). The molecule has 136 valence electrons. The number of halogens is 2. The van der Waals surface area contributed by atoms with Crippen molar-refractivity contribution in [1.82, 2.24) is 15.3 Å². The van der Waals surface area contributed by atoms with Crippen LogP contribution in [-0.2, 0) is 5.54 Å². The van der Waals surface area contributed by atoms with Crippen molar-refractivity contribution >= 4 is 5.84 Å². The molecule has 27 heavy (non-hydrogen) atoms. The van der Waals surface area contributed by atoms with Crippen LogP contribution < -0.4 is 5.32 Å². The summed E-state index contributed by atoms with van der Waals surface area (Å²) in [6, 6.07) is 13.5. The molecule has 2 aromatic heterocycles. The molecule has 0 fully saturated rings. The van der Waals surface area contributed by atoms with Gasteiger partial charge in [0.2, 0.25) is 11.8 Å². The lowest BCUT2D eigenvalue weighted by Crippen LogP contribution is -2.41. The molecule has 1 aliphatic heterocycles. The lowest BCUT2D eigenvalue weighted by Gasteiger charge is -2.31. The lowest BCUT2D eigenvalue weighted by molar-refractivity contribution is 0.449. The van der Waals surface area contributed by atoms with E-state index < -0.39 is 11.5 Å². The Bertz CT molecular complexity index is 958. The first-order valence-electron chi connectivity index (χ1n) is 8.40. The highest BCUT2D eigenvalue weighted by atomic mass is 19.1. The van der Waals surface area contributed by atoms with Crippen LogP contribution in [0, 0.1) is 11.8 Å². The fourth-order valence-corrected chi connectivity index (χ4v) is 3.40. The predicted octanol–water partition coefficient (Wildman–Crippen LogP) is 3.14. The van der Waals surface area contributed by atoms with Crippen LogP contribution in [0.4, 0.5) is 8.78 Å². The van der Waals surface area contributed by atoms with E-state index in [9.17, 15) is 13.9 Å². The van der Waals surface area contributed by atoms with Gasteiger partial charge in [0.1, 0.15) is 22.9 Å². The smallest absolute Gasteiger partial charge is 0.212 e. The molecule has 0 aliphatic carbocycles. The number of aliphatic imine (C=N–C) groups is 1. The number of hydrogen-bond donors (Lipinski definition) is 2. The zero-order chi connectivity index (χ0) is 19.0. The molecule has 7 heteroatoms. The van der Waals surface area contributed by atoms with Gasteiger partial charge >= 0.3 is 0 Å². The minimum Gasteiger partial charge on any atom is -0.493 e. The second kappa shape index (κ2) is 6.42. The van der Waals surface area contributed by atoms with Gasteiger partial charge < -0.3 is 10.4 Å². The molecule has 0 radical (unpaired) electrons. The lowest BCUT2D eigenvalue weighted by atomic mass is 9.79. The maximum Gasteiger partial charge on any atom is 0.212 e. The number of aromatic nitrogens is 2. The molecule has 1 aliphatic rings. The molecule has 2 unspecified atom stereocenters. The van der Waals surface area contributed by atoms with E-state index in [4.69, 9.17) is 4.99 Å². The van der Waals surface area contributed by atoms with E-state index in [2.05, 4.69) is 15.3 Å². The monoisotopic (exact) mass is 366 g/mol. The topological polar surface area (TPSA) is 70.4 Å². The van der Waals surface area contributed by atoms with Crippen LogP contribution in [0.2, 0.25) is 0 Å². The quantitative estimate of drug-likeness (QED) is 0.699. The summed E-state index contributed by atoms with van der Waals surface area (Å²) in [6.07, 6.45) is 1.43. The van der Waals surface area contributed by atoms with Crippen molar-refractivity contribution in [3.63, 3.8) is 0 Å². The van der Waals surface area contributed by atoms with Crippen LogP contribution in [0.3, 0.4) is 0 Å². The van der Waals surface area contributed by atoms with Crippen LogP contribution in [-0.4, -0.2) is 27.0 Å². The van der Waals surface area contributed by atoms with E-state index in [-0.39, 0.29) is 17.7 Å². The molecule has 0 saturated heterocycles. The van der Waals surface area contributed by atoms with Crippen LogP contribution >= 0.6 is 0 Å². The molecule has 0 amide bonds. The van der Waals surface area contributed by atoms with E-state index >= 15 is 0 Å². The SMILES string of the molecule is CC1NC(c2cccc(O)n2)=NC1(c1ccc(F)cc1)c1ccc(F)nc1. The third-order valence-corrected chi connectivity index (χ3v) is 4.70. The van der Waals surface area contributed by atoms with Gasteiger partial charge in [0.05, 0.1) is 6.04 Å². The third-order valence-electron chi connectivity index (χ3n) is 4.70. The zero-order valence-corrected chi connectivity index (χ0v) is 14.4. The van der Waals surface area contributed by atoms with E-state index in [1.54, 1.807) is 30.3 Å². The number of nitrogens with zero attached hydrogens (tertiary/aromatic N) is 3. The number of amidine groups is 1. The number of rotatable bonds is 3. The average Bonchev–Trinajstić information content (AvgIpc) is 3.01. The summed E-state index contributed by atoms with van der Waals surface area (Å²) in [4.78, 5) is 12.7. The molecule has 3 heterocycles. The molecular formula is C20H16F2N4O. The Morgan fingerprint density at radius 2 is 1.74 bits per heavy atom. The number of hydrogen-bond acceptors (Lipinski definition) is 5. The summed E-state index contributed by atoms with van der Waals surface area (Å²) in [6.45, 7) is 1.92. The maximum absolute atomic E-state index is 13.5. The Morgan fingerprint density at radius 3 is 2.41 bits per heavy atom. The second-order valence-corrected chi connectivity index (χ2v) is 6.35. The van der Waals surface area contributed by atoms with Gasteiger partial charge in [-0.2, -0.15) is 4.39 Å². The van der Waals surface area contributed by atoms with Gasteiger partial charge in [-0.1, -0.05) is 24.3 Å². The fourth-order valence-electron chi connectivity index (χ4n) is 3.40. The summed E-state index contributed by atoms with van der Waals surface area (Å²) in [5.74, 6) is -0.589.